The zero-order valence-corrected chi connectivity index (χ0v) is 11.7. The van der Waals surface area contributed by atoms with Crippen LogP contribution in [0.2, 0.25) is 0 Å². The minimum atomic E-state index is -0.191. The van der Waals surface area contributed by atoms with Gasteiger partial charge in [-0.1, -0.05) is 6.92 Å². The second-order valence-electron chi connectivity index (χ2n) is 4.57. The molecule has 1 aliphatic heterocycles. The highest BCUT2D eigenvalue weighted by Gasteiger charge is 2.28. The van der Waals surface area contributed by atoms with Crippen LogP contribution < -0.4 is 15.5 Å². The molecule has 0 bridgehead atoms. The summed E-state index contributed by atoms with van der Waals surface area (Å²) in [5.41, 5.74) is 1.07. The number of amides is 1. The second kappa shape index (κ2) is 5.86. The summed E-state index contributed by atoms with van der Waals surface area (Å²) in [5, 5.41) is 6.12. The standard InChI is InChI=1S/C13H21N5O/c1-4-10-11(14-5-2)16-8-17-12(10)18-7-6-15-13(19)9(18)3/h8-9H,4-7H2,1-3H3,(H,15,19)(H,14,16,17). The molecule has 1 fully saturated rings. The molecule has 2 heterocycles. The van der Waals surface area contributed by atoms with Gasteiger partial charge in [0.05, 0.1) is 0 Å². The maximum absolute atomic E-state index is 11.8. The molecular formula is C13H21N5O. The molecular weight excluding hydrogens is 242 g/mol. The molecule has 0 saturated carbocycles. The lowest BCUT2D eigenvalue weighted by atomic mass is 10.1. The summed E-state index contributed by atoms with van der Waals surface area (Å²) in [6, 6.07) is -0.191. The monoisotopic (exact) mass is 263 g/mol. The summed E-state index contributed by atoms with van der Waals surface area (Å²) in [7, 11) is 0. The van der Waals surface area contributed by atoms with E-state index >= 15 is 0 Å². The largest absolute Gasteiger partial charge is 0.370 e. The summed E-state index contributed by atoms with van der Waals surface area (Å²) >= 11 is 0. The van der Waals surface area contributed by atoms with Gasteiger partial charge in [-0.25, -0.2) is 9.97 Å². The molecule has 1 aromatic rings. The van der Waals surface area contributed by atoms with Crippen LogP contribution in [0.25, 0.3) is 0 Å². The van der Waals surface area contributed by atoms with Gasteiger partial charge in [0, 0.05) is 25.2 Å². The average molecular weight is 263 g/mol. The molecule has 0 radical (unpaired) electrons. The van der Waals surface area contributed by atoms with E-state index in [9.17, 15) is 4.79 Å². The maximum Gasteiger partial charge on any atom is 0.242 e. The number of hydrogen-bond acceptors (Lipinski definition) is 5. The molecule has 1 aromatic heterocycles. The lowest BCUT2D eigenvalue weighted by molar-refractivity contribution is -0.122. The first-order valence-corrected chi connectivity index (χ1v) is 6.81. The van der Waals surface area contributed by atoms with Crippen LogP contribution in [0, 0.1) is 0 Å². The van der Waals surface area contributed by atoms with Crippen LogP contribution in [0.3, 0.4) is 0 Å². The molecule has 19 heavy (non-hydrogen) atoms. The van der Waals surface area contributed by atoms with Gasteiger partial charge in [-0.2, -0.15) is 0 Å². The second-order valence-corrected chi connectivity index (χ2v) is 4.57. The van der Waals surface area contributed by atoms with Gasteiger partial charge in [-0.3, -0.25) is 4.79 Å². The van der Waals surface area contributed by atoms with Gasteiger partial charge in [0.15, 0.2) is 0 Å². The van der Waals surface area contributed by atoms with Crippen molar-refractivity contribution in [3.8, 4) is 0 Å². The Morgan fingerprint density at radius 2 is 2.26 bits per heavy atom. The first-order chi connectivity index (χ1) is 9.19. The molecule has 6 nitrogen and oxygen atoms in total. The normalized spacial score (nSPS) is 19.2. The van der Waals surface area contributed by atoms with E-state index in [2.05, 4.69) is 32.4 Å². The molecule has 0 aliphatic carbocycles. The Kier molecular flexibility index (Phi) is 4.19. The molecule has 1 unspecified atom stereocenters. The van der Waals surface area contributed by atoms with Crippen molar-refractivity contribution in [3.05, 3.63) is 11.9 Å². The van der Waals surface area contributed by atoms with Gasteiger partial charge < -0.3 is 15.5 Å². The third-order valence-corrected chi connectivity index (χ3v) is 3.39. The third kappa shape index (κ3) is 2.62. The number of piperazine rings is 1. The fourth-order valence-electron chi connectivity index (χ4n) is 2.37. The third-order valence-electron chi connectivity index (χ3n) is 3.39. The summed E-state index contributed by atoms with van der Waals surface area (Å²) in [5.74, 6) is 1.79. The molecule has 1 saturated heterocycles. The maximum atomic E-state index is 11.8. The molecule has 6 heteroatoms. The minimum Gasteiger partial charge on any atom is -0.370 e. The molecule has 2 N–H and O–H groups in total. The van der Waals surface area contributed by atoms with Gasteiger partial charge in [0.2, 0.25) is 5.91 Å². The van der Waals surface area contributed by atoms with Gasteiger partial charge in [0.1, 0.15) is 24.0 Å². The first-order valence-electron chi connectivity index (χ1n) is 6.81. The number of aromatic nitrogens is 2. The average Bonchev–Trinajstić information content (AvgIpc) is 2.42. The van der Waals surface area contributed by atoms with Gasteiger partial charge in [0.25, 0.3) is 0 Å². The fourth-order valence-corrected chi connectivity index (χ4v) is 2.37. The number of carbonyl (C=O) groups excluding carboxylic acids is 1. The molecule has 1 atom stereocenters. The van der Waals surface area contributed by atoms with Gasteiger partial charge in [-0.05, 0) is 20.3 Å². The predicted molar refractivity (Wildman–Crippen MR) is 75.4 cm³/mol. The quantitative estimate of drug-likeness (QED) is 0.840. The topological polar surface area (TPSA) is 70.2 Å². The van der Waals surface area contributed by atoms with E-state index in [-0.39, 0.29) is 11.9 Å². The number of nitrogens with one attached hydrogen (secondary N) is 2. The lowest BCUT2D eigenvalue weighted by Crippen LogP contribution is -2.54. The molecule has 104 valence electrons. The van der Waals surface area contributed by atoms with E-state index in [1.165, 1.54) is 0 Å². The number of anilines is 2. The van der Waals surface area contributed by atoms with Crippen LogP contribution in [0.1, 0.15) is 26.3 Å². The molecule has 2 rings (SSSR count). The van der Waals surface area contributed by atoms with Crippen LogP contribution >= 0.6 is 0 Å². The fraction of sp³-hybridized carbons (Fsp3) is 0.615. The van der Waals surface area contributed by atoms with Crippen molar-refractivity contribution in [2.45, 2.75) is 33.2 Å². The van der Waals surface area contributed by atoms with Crippen molar-refractivity contribution >= 4 is 17.5 Å². The number of carbonyl (C=O) groups is 1. The highest BCUT2D eigenvalue weighted by molar-refractivity contribution is 5.86. The Morgan fingerprint density at radius 1 is 1.47 bits per heavy atom. The molecule has 0 aromatic carbocycles. The van der Waals surface area contributed by atoms with Crippen LogP contribution in [-0.4, -0.2) is 41.6 Å². The van der Waals surface area contributed by atoms with Crippen molar-refractivity contribution in [2.75, 3.05) is 29.9 Å². The van der Waals surface area contributed by atoms with E-state index in [4.69, 9.17) is 0 Å². The first kappa shape index (κ1) is 13.6. The van der Waals surface area contributed by atoms with Crippen LogP contribution in [0.5, 0.6) is 0 Å². The Morgan fingerprint density at radius 3 is 2.95 bits per heavy atom. The Bertz CT molecular complexity index is 462. The van der Waals surface area contributed by atoms with E-state index in [0.29, 0.717) is 6.54 Å². The number of hydrogen-bond donors (Lipinski definition) is 2. The van der Waals surface area contributed by atoms with Crippen LogP contribution in [0.15, 0.2) is 6.33 Å². The van der Waals surface area contributed by atoms with Crippen molar-refractivity contribution in [3.63, 3.8) is 0 Å². The highest BCUT2D eigenvalue weighted by Crippen LogP contribution is 2.26. The van der Waals surface area contributed by atoms with E-state index < -0.39 is 0 Å². The van der Waals surface area contributed by atoms with Crippen molar-refractivity contribution in [2.24, 2.45) is 0 Å². The van der Waals surface area contributed by atoms with Crippen LogP contribution in [0.4, 0.5) is 11.6 Å². The summed E-state index contributed by atoms with van der Waals surface area (Å²) in [6.45, 7) is 8.29. The van der Waals surface area contributed by atoms with Crippen molar-refractivity contribution in [1.29, 1.82) is 0 Å². The van der Waals surface area contributed by atoms with E-state index in [0.717, 1.165) is 36.7 Å². The zero-order valence-electron chi connectivity index (χ0n) is 11.7. The number of rotatable bonds is 4. The SMILES string of the molecule is CCNc1ncnc(N2CCNC(=O)C2C)c1CC. The summed E-state index contributed by atoms with van der Waals surface area (Å²) in [4.78, 5) is 22.5. The molecule has 1 aliphatic rings. The number of nitrogens with zero attached hydrogens (tertiary/aromatic N) is 3. The Labute approximate surface area is 113 Å². The molecule has 0 spiro atoms. The minimum absolute atomic E-state index is 0.0527. The highest BCUT2D eigenvalue weighted by atomic mass is 16.2. The Hall–Kier alpha value is -1.85. The van der Waals surface area contributed by atoms with E-state index in [1.54, 1.807) is 6.33 Å². The molecule has 1 amide bonds. The summed E-state index contributed by atoms with van der Waals surface area (Å²) < 4.78 is 0. The van der Waals surface area contributed by atoms with E-state index in [1.807, 2.05) is 13.8 Å². The lowest BCUT2D eigenvalue weighted by Gasteiger charge is -2.35. The predicted octanol–water partition coefficient (Wildman–Crippen LogP) is 0.795. The smallest absolute Gasteiger partial charge is 0.242 e. The van der Waals surface area contributed by atoms with Crippen molar-refractivity contribution in [1.82, 2.24) is 15.3 Å². The zero-order chi connectivity index (χ0) is 13.8. The van der Waals surface area contributed by atoms with Gasteiger partial charge in [-0.15, -0.1) is 0 Å². The Balaban J connectivity index is 2.37. The van der Waals surface area contributed by atoms with Gasteiger partial charge >= 0.3 is 0 Å². The summed E-state index contributed by atoms with van der Waals surface area (Å²) in [6.07, 6.45) is 2.40. The van der Waals surface area contributed by atoms with Crippen molar-refractivity contribution < 1.29 is 4.79 Å². The van der Waals surface area contributed by atoms with Crippen LogP contribution in [-0.2, 0) is 11.2 Å².